The summed E-state index contributed by atoms with van der Waals surface area (Å²) in [6, 6.07) is 8.54. The molecule has 0 spiro atoms. The zero-order chi connectivity index (χ0) is 18.9. The third kappa shape index (κ3) is 6.60. The van der Waals surface area contributed by atoms with Gasteiger partial charge in [0.15, 0.2) is 6.61 Å². The SMILES string of the molecule is Cc1ccc(Cl)cc1NC(=O)COC(=O)CCC(=O)NCc1ccco1. The van der Waals surface area contributed by atoms with Gasteiger partial charge in [-0.3, -0.25) is 14.4 Å². The fourth-order valence-corrected chi connectivity index (χ4v) is 2.21. The van der Waals surface area contributed by atoms with Gasteiger partial charge in [0.05, 0.1) is 19.2 Å². The number of carbonyl (C=O) groups is 3. The summed E-state index contributed by atoms with van der Waals surface area (Å²) in [5.41, 5.74) is 1.39. The van der Waals surface area contributed by atoms with Crippen LogP contribution in [0.4, 0.5) is 5.69 Å². The van der Waals surface area contributed by atoms with E-state index in [2.05, 4.69) is 10.6 Å². The summed E-state index contributed by atoms with van der Waals surface area (Å²) < 4.78 is 9.94. The van der Waals surface area contributed by atoms with Crippen LogP contribution in [0, 0.1) is 6.92 Å². The molecule has 8 heteroatoms. The molecule has 0 fully saturated rings. The van der Waals surface area contributed by atoms with Gasteiger partial charge in [0.2, 0.25) is 5.91 Å². The summed E-state index contributed by atoms with van der Waals surface area (Å²) in [7, 11) is 0. The number of hydrogen-bond acceptors (Lipinski definition) is 5. The minimum atomic E-state index is -0.629. The number of benzene rings is 1. The highest BCUT2D eigenvalue weighted by molar-refractivity contribution is 6.31. The first-order valence-electron chi connectivity index (χ1n) is 7.95. The van der Waals surface area contributed by atoms with Gasteiger partial charge < -0.3 is 19.8 Å². The first-order chi connectivity index (χ1) is 12.4. The predicted octanol–water partition coefficient (Wildman–Crippen LogP) is 2.82. The van der Waals surface area contributed by atoms with E-state index in [9.17, 15) is 14.4 Å². The van der Waals surface area contributed by atoms with Crippen molar-refractivity contribution >= 4 is 35.1 Å². The summed E-state index contributed by atoms with van der Waals surface area (Å²) in [6.45, 7) is 1.64. The van der Waals surface area contributed by atoms with Crippen LogP contribution in [0.1, 0.15) is 24.2 Å². The van der Waals surface area contributed by atoms with Crippen LogP contribution in [-0.4, -0.2) is 24.4 Å². The Morgan fingerprint density at radius 2 is 1.96 bits per heavy atom. The standard InChI is InChI=1S/C18H19ClN2O5/c1-12-4-5-13(19)9-15(12)21-17(23)11-26-18(24)7-6-16(22)20-10-14-3-2-8-25-14/h2-5,8-9H,6-7,10-11H2,1H3,(H,20,22)(H,21,23). The lowest BCUT2D eigenvalue weighted by molar-refractivity contribution is -0.148. The zero-order valence-electron chi connectivity index (χ0n) is 14.2. The molecular formula is C18H19ClN2O5. The molecule has 1 heterocycles. The van der Waals surface area contributed by atoms with E-state index in [4.69, 9.17) is 20.8 Å². The smallest absolute Gasteiger partial charge is 0.306 e. The predicted molar refractivity (Wildman–Crippen MR) is 95.6 cm³/mol. The quantitative estimate of drug-likeness (QED) is 0.688. The summed E-state index contributed by atoms with van der Waals surface area (Å²) in [4.78, 5) is 35.1. The van der Waals surface area contributed by atoms with Crippen LogP contribution in [0.25, 0.3) is 0 Å². The molecule has 0 radical (unpaired) electrons. The summed E-state index contributed by atoms with van der Waals surface area (Å²) >= 11 is 5.88. The third-order valence-electron chi connectivity index (χ3n) is 3.43. The van der Waals surface area contributed by atoms with Crippen molar-refractivity contribution in [2.75, 3.05) is 11.9 Å². The van der Waals surface area contributed by atoms with E-state index in [0.29, 0.717) is 16.5 Å². The summed E-state index contributed by atoms with van der Waals surface area (Å²) in [6.07, 6.45) is 1.36. The van der Waals surface area contributed by atoms with Gasteiger partial charge in [0.1, 0.15) is 5.76 Å². The topological polar surface area (TPSA) is 97.6 Å². The maximum Gasteiger partial charge on any atom is 0.306 e. The van der Waals surface area contributed by atoms with Crippen molar-refractivity contribution in [2.24, 2.45) is 0 Å². The number of anilines is 1. The molecule has 0 atom stereocenters. The normalized spacial score (nSPS) is 10.2. The van der Waals surface area contributed by atoms with Crippen molar-refractivity contribution in [3.63, 3.8) is 0 Å². The average molecular weight is 379 g/mol. The lowest BCUT2D eigenvalue weighted by atomic mass is 10.2. The van der Waals surface area contributed by atoms with Crippen molar-refractivity contribution in [3.05, 3.63) is 52.9 Å². The number of esters is 1. The largest absolute Gasteiger partial charge is 0.467 e. The maximum atomic E-state index is 11.8. The monoisotopic (exact) mass is 378 g/mol. The molecule has 0 aliphatic heterocycles. The van der Waals surface area contributed by atoms with Gasteiger partial charge in [-0.2, -0.15) is 0 Å². The van der Waals surface area contributed by atoms with Crippen molar-refractivity contribution in [2.45, 2.75) is 26.3 Å². The van der Waals surface area contributed by atoms with Crippen LogP contribution in [0.3, 0.4) is 0 Å². The number of ether oxygens (including phenoxy) is 1. The Morgan fingerprint density at radius 1 is 1.15 bits per heavy atom. The molecule has 0 aliphatic rings. The first-order valence-corrected chi connectivity index (χ1v) is 8.32. The fraction of sp³-hybridized carbons (Fsp3) is 0.278. The maximum absolute atomic E-state index is 11.8. The molecular weight excluding hydrogens is 360 g/mol. The minimum Gasteiger partial charge on any atom is -0.467 e. The highest BCUT2D eigenvalue weighted by atomic mass is 35.5. The van der Waals surface area contributed by atoms with Crippen molar-refractivity contribution in [1.82, 2.24) is 5.32 Å². The highest BCUT2D eigenvalue weighted by Gasteiger charge is 2.12. The number of rotatable bonds is 8. The number of furan rings is 1. The molecule has 1 aromatic carbocycles. The van der Waals surface area contributed by atoms with Gasteiger partial charge in [0, 0.05) is 17.1 Å². The lowest BCUT2D eigenvalue weighted by Gasteiger charge is -2.09. The van der Waals surface area contributed by atoms with E-state index in [1.165, 1.54) is 6.26 Å². The second-order valence-electron chi connectivity index (χ2n) is 5.52. The molecule has 0 aliphatic carbocycles. The Balaban J connectivity index is 1.65. The van der Waals surface area contributed by atoms with Crippen LogP contribution < -0.4 is 10.6 Å². The van der Waals surface area contributed by atoms with Crippen molar-refractivity contribution in [1.29, 1.82) is 0 Å². The fourth-order valence-electron chi connectivity index (χ4n) is 2.04. The lowest BCUT2D eigenvalue weighted by Crippen LogP contribution is -2.25. The average Bonchev–Trinajstić information content (AvgIpc) is 3.13. The Labute approximate surface area is 155 Å². The molecule has 26 heavy (non-hydrogen) atoms. The molecule has 0 saturated carbocycles. The molecule has 2 aromatic rings. The van der Waals surface area contributed by atoms with Crippen LogP contribution in [0.2, 0.25) is 5.02 Å². The van der Waals surface area contributed by atoms with Crippen LogP contribution >= 0.6 is 11.6 Å². The van der Waals surface area contributed by atoms with Crippen molar-refractivity contribution in [3.8, 4) is 0 Å². The molecule has 7 nitrogen and oxygen atoms in total. The Bertz CT molecular complexity index is 774. The molecule has 0 unspecified atom stereocenters. The molecule has 0 bridgehead atoms. The second kappa shape index (κ2) is 9.62. The summed E-state index contributed by atoms with van der Waals surface area (Å²) in [5.74, 6) is -0.798. The summed E-state index contributed by atoms with van der Waals surface area (Å²) in [5, 5.41) is 5.72. The van der Waals surface area contributed by atoms with Crippen LogP contribution in [0.15, 0.2) is 41.0 Å². The number of hydrogen-bond donors (Lipinski definition) is 2. The third-order valence-corrected chi connectivity index (χ3v) is 3.67. The molecule has 1 aromatic heterocycles. The number of amides is 2. The van der Waals surface area contributed by atoms with Gasteiger partial charge >= 0.3 is 5.97 Å². The van der Waals surface area contributed by atoms with Gasteiger partial charge in [0.25, 0.3) is 5.91 Å². The van der Waals surface area contributed by atoms with Gasteiger partial charge in [-0.25, -0.2) is 0 Å². The molecule has 138 valence electrons. The van der Waals surface area contributed by atoms with Crippen LogP contribution in [0.5, 0.6) is 0 Å². The Kier molecular flexibility index (Phi) is 7.23. The number of aryl methyl sites for hydroxylation is 1. The molecule has 0 saturated heterocycles. The van der Waals surface area contributed by atoms with Gasteiger partial charge in [-0.1, -0.05) is 17.7 Å². The zero-order valence-corrected chi connectivity index (χ0v) is 15.0. The van der Waals surface area contributed by atoms with E-state index < -0.39 is 18.5 Å². The molecule has 2 N–H and O–H groups in total. The molecule has 2 rings (SSSR count). The van der Waals surface area contributed by atoms with Crippen LogP contribution in [-0.2, 0) is 25.7 Å². The van der Waals surface area contributed by atoms with E-state index in [0.717, 1.165) is 5.56 Å². The number of halogens is 1. The Morgan fingerprint density at radius 3 is 2.69 bits per heavy atom. The van der Waals surface area contributed by atoms with E-state index in [1.54, 1.807) is 30.3 Å². The van der Waals surface area contributed by atoms with E-state index >= 15 is 0 Å². The molecule has 2 amide bonds. The van der Waals surface area contributed by atoms with Gasteiger partial charge in [-0.05, 0) is 36.8 Å². The first kappa shape index (κ1) is 19.5. The number of carbonyl (C=O) groups excluding carboxylic acids is 3. The van der Waals surface area contributed by atoms with E-state index in [-0.39, 0.29) is 25.3 Å². The second-order valence-corrected chi connectivity index (χ2v) is 5.96. The highest BCUT2D eigenvalue weighted by Crippen LogP contribution is 2.19. The minimum absolute atomic E-state index is 0.0332. The Hall–Kier alpha value is -2.80. The van der Waals surface area contributed by atoms with Gasteiger partial charge in [-0.15, -0.1) is 0 Å². The van der Waals surface area contributed by atoms with E-state index in [1.807, 2.05) is 6.92 Å². The van der Waals surface area contributed by atoms with Crippen molar-refractivity contribution < 1.29 is 23.5 Å². The number of nitrogens with one attached hydrogen (secondary N) is 2.